The van der Waals surface area contributed by atoms with Crippen LogP contribution in [0.1, 0.15) is 33.3 Å². The SMILES string of the molecule is COc1cc(Cl)cc2cc(C(=O)C3=C(O)C(=O)N(c4ccc(C)c(C)c4)C3c3ccc(O)cc3)oc12. The number of benzene rings is 3. The molecule has 0 radical (unpaired) electrons. The molecule has 8 heteroatoms. The molecule has 4 aromatic rings. The van der Waals surface area contributed by atoms with E-state index in [1.165, 1.54) is 30.2 Å². The normalized spacial score (nSPS) is 15.7. The smallest absolute Gasteiger partial charge is 0.294 e. The van der Waals surface area contributed by atoms with Gasteiger partial charge in [-0.1, -0.05) is 29.8 Å². The van der Waals surface area contributed by atoms with Gasteiger partial charge < -0.3 is 19.4 Å². The summed E-state index contributed by atoms with van der Waals surface area (Å²) >= 11 is 6.16. The number of hydrogen-bond donors (Lipinski definition) is 2. The number of rotatable bonds is 5. The third-order valence-corrected chi connectivity index (χ3v) is 6.64. The van der Waals surface area contributed by atoms with E-state index in [0.717, 1.165) is 11.1 Å². The Balaban J connectivity index is 1.67. The average molecular weight is 504 g/mol. The van der Waals surface area contributed by atoms with Gasteiger partial charge in [0.05, 0.1) is 18.7 Å². The highest BCUT2D eigenvalue weighted by Gasteiger charge is 2.45. The van der Waals surface area contributed by atoms with Crippen LogP contribution in [-0.4, -0.2) is 29.0 Å². The van der Waals surface area contributed by atoms with Gasteiger partial charge in [-0.15, -0.1) is 0 Å². The fourth-order valence-corrected chi connectivity index (χ4v) is 4.65. The number of halogens is 1. The van der Waals surface area contributed by atoms with Crippen molar-refractivity contribution in [1.82, 2.24) is 0 Å². The maximum Gasteiger partial charge on any atom is 0.294 e. The van der Waals surface area contributed by atoms with Crippen molar-refractivity contribution in [3.63, 3.8) is 0 Å². The third-order valence-electron chi connectivity index (χ3n) is 6.42. The van der Waals surface area contributed by atoms with Gasteiger partial charge in [0.15, 0.2) is 22.9 Å². The molecule has 7 nitrogen and oxygen atoms in total. The van der Waals surface area contributed by atoms with Crippen LogP contribution in [0.3, 0.4) is 0 Å². The first-order valence-corrected chi connectivity index (χ1v) is 11.5. The lowest BCUT2D eigenvalue weighted by Gasteiger charge is -2.27. The molecule has 1 aromatic heterocycles. The number of furan rings is 1. The number of carbonyl (C=O) groups is 2. The lowest BCUT2D eigenvalue weighted by Crippen LogP contribution is -2.31. The molecule has 2 heterocycles. The average Bonchev–Trinajstić information content (AvgIpc) is 3.39. The van der Waals surface area contributed by atoms with Crippen LogP contribution >= 0.6 is 11.6 Å². The highest BCUT2D eigenvalue weighted by Crippen LogP contribution is 2.43. The number of aromatic hydroxyl groups is 1. The monoisotopic (exact) mass is 503 g/mol. The molecule has 182 valence electrons. The maximum absolute atomic E-state index is 13.8. The molecule has 0 saturated carbocycles. The summed E-state index contributed by atoms with van der Waals surface area (Å²) in [5.41, 5.74) is 3.23. The zero-order valence-electron chi connectivity index (χ0n) is 19.7. The quantitative estimate of drug-likeness (QED) is 0.314. The number of amides is 1. The summed E-state index contributed by atoms with van der Waals surface area (Å²) in [6.07, 6.45) is 0. The molecule has 3 aromatic carbocycles. The van der Waals surface area contributed by atoms with Gasteiger partial charge in [-0.05, 0) is 66.9 Å². The summed E-state index contributed by atoms with van der Waals surface area (Å²) in [6.45, 7) is 3.87. The van der Waals surface area contributed by atoms with E-state index in [4.69, 9.17) is 20.8 Å². The Morgan fingerprint density at radius 2 is 1.72 bits per heavy atom. The van der Waals surface area contributed by atoms with Crippen molar-refractivity contribution in [3.05, 3.63) is 99.5 Å². The number of Topliss-reactive ketones (excluding diaryl/α,β-unsaturated/α-hetero) is 1. The topological polar surface area (TPSA) is 100 Å². The van der Waals surface area contributed by atoms with Crippen molar-refractivity contribution in [2.75, 3.05) is 12.0 Å². The molecule has 0 fully saturated rings. The van der Waals surface area contributed by atoms with E-state index in [-0.39, 0.29) is 17.1 Å². The first-order chi connectivity index (χ1) is 17.2. The van der Waals surface area contributed by atoms with E-state index in [0.29, 0.717) is 33.0 Å². The van der Waals surface area contributed by atoms with E-state index in [9.17, 15) is 19.8 Å². The van der Waals surface area contributed by atoms with Crippen LogP contribution in [0.5, 0.6) is 11.5 Å². The zero-order valence-corrected chi connectivity index (χ0v) is 20.5. The van der Waals surface area contributed by atoms with Gasteiger partial charge in [-0.3, -0.25) is 14.5 Å². The van der Waals surface area contributed by atoms with Crippen molar-refractivity contribution in [2.45, 2.75) is 19.9 Å². The van der Waals surface area contributed by atoms with Crippen LogP contribution in [0.25, 0.3) is 11.0 Å². The van der Waals surface area contributed by atoms with Crippen LogP contribution in [0.2, 0.25) is 5.02 Å². The Morgan fingerprint density at radius 3 is 2.39 bits per heavy atom. The fourth-order valence-electron chi connectivity index (χ4n) is 4.43. The van der Waals surface area contributed by atoms with Crippen LogP contribution in [0, 0.1) is 13.8 Å². The Bertz CT molecular complexity index is 1570. The van der Waals surface area contributed by atoms with Gasteiger partial charge in [0, 0.05) is 22.2 Å². The second-order valence-corrected chi connectivity index (χ2v) is 9.10. The molecule has 0 bridgehead atoms. The molecule has 1 unspecified atom stereocenters. The molecule has 0 spiro atoms. The molecule has 1 atom stereocenters. The molecule has 0 saturated heterocycles. The van der Waals surface area contributed by atoms with E-state index < -0.39 is 23.5 Å². The number of phenols is 1. The first-order valence-electron chi connectivity index (χ1n) is 11.1. The summed E-state index contributed by atoms with van der Waals surface area (Å²) in [6, 6.07) is 15.4. The van der Waals surface area contributed by atoms with Crippen LogP contribution in [0.15, 0.2) is 76.4 Å². The Morgan fingerprint density at radius 1 is 1.00 bits per heavy atom. The van der Waals surface area contributed by atoms with E-state index in [1.54, 1.807) is 30.3 Å². The molecule has 1 aliphatic rings. The Labute approximate surface area is 211 Å². The van der Waals surface area contributed by atoms with E-state index >= 15 is 0 Å². The number of fused-ring (bicyclic) bond motifs is 1. The van der Waals surface area contributed by atoms with Crippen molar-refractivity contribution in [2.24, 2.45) is 0 Å². The second kappa shape index (κ2) is 8.77. The number of nitrogens with zero attached hydrogens (tertiary/aromatic N) is 1. The van der Waals surface area contributed by atoms with E-state index in [1.807, 2.05) is 26.0 Å². The van der Waals surface area contributed by atoms with Crippen LogP contribution in [-0.2, 0) is 4.79 Å². The number of ketones is 1. The zero-order chi connectivity index (χ0) is 25.7. The van der Waals surface area contributed by atoms with Crippen LogP contribution in [0.4, 0.5) is 5.69 Å². The van der Waals surface area contributed by atoms with Gasteiger partial charge in [0.1, 0.15) is 5.75 Å². The van der Waals surface area contributed by atoms with Crippen molar-refractivity contribution >= 4 is 39.9 Å². The maximum atomic E-state index is 13.8. The summed E-state index contributed by atoms with van der Waals surface area (Å²) in [5.74, 6) is -1.73. The third kappa shape index (κ3) is 3.78. The van der Waals surface area contributed by atoms with Crippen molar-refractivity contribution in [1.29, 1.82) is 0 Å². The molecule has 5 rings (SSSR count). The minimum absolute atomic E-state index is 0.0307. The number of methoxy groups -OCH3 is 1. The van der Waals surface area contributed by atoms with Gasteiger partial charge in [-0.2, -0.15) is 0 Å². The summed E-state index contributed by atoms with van der Waals surface area (Å²) < 4.78 is 11.2. The number of aliphatic hydroxyl groups is 1. The largest absolute Gasteiger partial charge is 0.508 e. The molecular weight excluding hydrogens is 482 g/mol. The van der Waals surface area contributed by atoms with Gasteiger partial charge >= 0.3 is 0 Å². The minimum Gasteiger partial charge on any atom is -0.508 e. The molecule has 2 N–H and O–H groups in total. The van der Waals surface area contributed by atoms with Crippen LogP contribution < -0.4 is 9.64 Å². The molecule has 0 aliphatic carbocycles. The predicted molar refractivity (Wildman–Crippen MR) is 136 cm³/mol. The van der Waals surface area contributed by atoms with Gasteiger partial charge in [-0.25, -0.2) is 0 Å². The summed E-state index contributed by atoms with van der Waals surface area (Å²) in [7, 11) is 1.46. The standard InChI is InChI=1S/C28H22ClNO6/c1-14-4-7-19(10-15(14)2)30-24(16-5-8-20(31)9-6-16)23(26(33)28(30)34)25(32)21-12-17-11-18(29)13-22(35-3)27(17)36-21/h4-13,24,31,33H,1-3H3. The van der Waals surface area contributed by atoms with Gasteiger partial charge in [0.2, 0.25) is 5.78 Å². The number of anilines is 1. The Hall–Kier alpha value is -4.23. The second-order valence-electron chi connectivity index (χ2n) is 8.67. The number of aliphatic hydroxyl groups excluding tert-OH is 1. The highest BCUT2D eigenvalue weighted by atomic mass is 35.5. The minimum atomic E-state index is -0.952. The first kappa shape index (κ1) is 23.5. The van der Waals surface area contributed by atoms with E-state index in [2.05, 4.69) is 0 Å². The predicted octanol–water partition coefficient (Wildman–Crippen LogP) is 6.20. The fraction of sp³-hybridized carbons (Fsp3) is 0.143. The number of hydrogen-bond acceptors (Lipinski definition) is 6. The number of carbonyl (C=O) groups excluding carboxylic acids is 2. The van der Waals surface area contributed by atoms with Crippen molar-refractivity contribution in [3.8, 4) is 11.5 Å². The molecule has 36 heavy (non-hydrogen) atoms. The number of phenolic OH excluding ortho intramolecular Hbond substituents is 1. The van der Waals surface area contributed by atoms with Gasteiger partial charge in [0.25, 0.3) is 5.91 Å². The molecular formula is C28H22ClNO6. The highest BCUT2D eigenvalue weighted by molar-refractivity contribution is 6.31. The van der Waals surface area contributed by atoms with Crippen molar-refractivity contribution < 1.29 is 29.0 Å². The lowest BCUT2D eigenvalue weighted by molar-refractivity contribution is -0.117. The molecule has 1 amide bonds. The summed E-state index contributed by atoms with van der Waals surface area (Å²) in [4.78, 5) is 28.5. The number of ether oxygens (including phenoxy) is 1. The summed E-state index contributed by atoms with van der Waals surface area (Å²) in [5, 5.41) is 21.7. The number of aryl methyl sites for hydroxylation is 2. The molecule has 1 aliphatic heterocycles. The lowest BCUT2D eigenvalue weighted by atomic mass is 9.94. The Kier molecular flexibility index (Phi) is 5.73.